The Hall–Kier alpha value is -1.53. The quantitative estimate of drug-likeness (QED) is 0.459. The van der Waals surface area contributed by atoms with Crippen LogP contribution in [0.15, 0.2) is 30.3 Å². The van der Waals surface area contributed by atoms with Crippen LogP contribution >= 0.6 is 0 Å². The minimum absolute atomic E-state index is 0.493. The molecule has 0 aliphatic heterocycles. The number of nitrogens with one attached hydrogen (secondary N) is 1. The van der Waals surface area contributed by atoms with Crippen LogP contribution in [-0.4, -0.2) is 30.8 Å². The van der Waals surface area contributed by atoms with Crippen LogP contribution in [0.25, 0.3) is 0 Å². The molecule has 3 N–H and O–H groups in total. The van der Waals surface area contributed by atoms with Gasteiger partial charge in [0.05, 0.1) is 6.54 Å². The molecule has 1 atom stereocenters. The number of hydrazine groups is 1. The van der Waals surface area contributed by atoms with Crippen LogP contribution in [0.5, 0.6) is 0 Å². The standard InChI is InChI=1S/C11H15F2N3O/c1-16(7-9(12)13)10(11(17)15-14)8-5-3-2-4-6-8/h2-6,9-10H,7,14H2,1H3,(H,15,17). The summed E-state index contributed by atoms with van der Waals surface area (Å²) < 4.78 is 24.6. The first-order chi connectivity index (χ1) is 8.06. The van der Waals surface area contributed by atoms with Gasteiger partial charge < -0.3 is 0 Å². The van der Waals surface area contributed by atoms with Crippen molar-refractivity contribution in [2.24, 2.45) is 5.84 Å². The summed E-state index contributed by atoms with van der Waals surface area (Å²) in [6.45, 7) is -0.493. The fraction of sp³-hybridized carbons (Fsp3) is 0.364. The van der Waals surface area contributed by atoms with Crippen molar-refractivity contribution in [2.45, 2.75) is 12.5 Å². The second kappa shape index (κ2) is 6.27. The van der Waals surface area contributed by atoms with E-state index < -0.39 is 24.9 Å². The molecule has 1 unspecified atom stereocenters. The second-order valence-electron chi connectivity index (χ2n) is 3.65. The number of likely N-dealkylation sites (N-methyl/N-ethyl adjacent to an activating group) is 1. The van der Waals surface area contributed by atoms with E-state index in [1.54, 1.807) is 30.3 Å². The summed E-state index contributed by atoms with van der Waals surface area (Å²) >= 11 is 0. The smallest absolute Gasteiger partial charge is 0.255 e. The lowest BCUT2D eigenvalue weighted by Gasteiger charge is -2.26. The van der Waals surface area contributed by atoms with Crippen LogP contribution in [-0.2, 0) is 4.79 Å². The van der Waals surface area contributed by atoms with E-state index in [4.69, 9.17) is 5.84 Å². The normalized spacial score (nSPS) is 12.8. The predicted octanol–water partition coefficient (Wildman–Crippen LogP) is 0.914. The molecule has 0 spiro atoms. The number of alkyl halides is 2. The van der Waals surface area contributed by atoms with Crippen LogP contribution in [0.4, 0.5) is 8.78 Å². The van der Waals surface area contributed by atoms with Crippen molar-refractivity contribution in [3.8, 4) is 0 Å². The van der Waals surface area contributed by atoms with Gasteiger partial charge in [0.15, 0.2) is 0 Å². The van der Waals surface area contributed by atoms with Gasteiger partial charge in [0.2, 0.25) is 0 Å². The molecular formula is C11H15F2N3O. The van der Waals surface area contributed by atoms with E-state index in [9.17, 15) is 13.6 Å². The lowest BCUT2D eigenvalue weighted by Crippen LogP contribution is -2.43. The number of halogens is 2. The summed E-state index contributed by atoms with van der Waals surface area (Å²) in [4.78, 5) is 12.9. The highest BCUT2D eigenvalue weighted by atomic mass is 19.3. The predicted molar refractivity (Wildman–Crippen MR) is 60.1 cm³/mol. The molecule has 0 saturated carbocycles. The zero-order valence-electron chi connectivity index (χ0n) is 9.44. The molecule has 4 nitrogen and oxygen atoms in total. The summed E-state index contributed by atoms with van der Waals surface area (Å²) in [5.41, 5.74) is 2.62. The number of rotatable bonds is 5. The summed E-state index contributed by atoms with van der Waals surface area (Å²) in [5.74, 6) is 4.55. The van der Waals surface area contributed by atoms with E-state index in [1.165, 1.54) is 11.9 Å². The molecule has 94 valence electrons. The molecule has 17 heavy (non-hydrogen) atoms. The lowest BCUT2D eigenvalue weighted by atomic mass is 10.1. The third-order valence-corrected chi connectivity index (χ3v) is 2.37. The third kappa shape index (κ3) is 3.76. The Kier molecular flexibility index (Phi) is 4.99. The highest BCUT2D eigenvalue weighted by Gasteiger charge is 2.26. The van der Waals surface area contributed by atoms with Gasteiger partial charge in [-0.15, -0.1) is 0 Å². The first-order valence-electron chi connectivity index (χ1n) is 5.10. The number of nitrogens with zero attached hydrogens (tertiary/aromatic N) is 1. The van der Waals surface area contributed by atoms with Gasteiger partial charge in [-0.1, -0.05) is 30.3 Å². The van der Waals surface area contributed by atoms with Gasteiger partial charge in [-0.25, -0.2) is 14.6 Å². The van der Waals surface area contributed by atoms with Crippen molar-refractivity contribution in [1.82, 2.24) is 10.3 Å². The molecule has 1 amide bonds. The minimum Gasteiger partial charge on any atom is -0.293 e. The highest BCUT2D eigenvalue weighted by molar-refractivity contribution is 5.82. The summed E-state index contributed by atoms with van der Waals surface area (Å²) in [6, 6.07) is 7.85. The first kappa shape index (κ1) is 13.5. The van der Waals surface area contributed by atoms with E-state index in [1.807, 2.05) is 5.43 Å². The van der Waals surface area contributed by atoms with Gasteiger partial charge in [-0.3, -0.25) is 15.1 Å². The Morgan fingerprint density at radius 3 is 2.47 bits per heavy atom. The average Bonchev–Trinajstić information content (AvgIpc) is 2.29. The van der Waals surface area contributed by atoms with Gasteiger partial charge in [0.25, 0.3) is 12.3 Å². The second-order valence-corrected chi connectivity index (χ2v) is 3.65. The van der Waals surface area contributed by atoms with Gasteiger partial charge in [-0.05, 0) is 12.6 Å². The van der Waals surface area contributed by atoms with Crippen LogP contribution in [0.2, 0.25) is 0 Å². The molecule has 0 fully saturated rings. The molecule has 1 aromatic rings. The SMILES string of the molecule is CN(CC(F)F)C(C(=O)NN)c1ccccc1. The maximum atomic E-state index is 12.3. The monoisotopic (exact) mass is 243 g/mol. The summed E-state index contributed by atoms with van der Waals surface area (Å²) in [6.07, 6.45) is -2.50. The van der Waals surface area contributed by atoms with Crippen LogP contribution in [0, 0.1) is 0 Å². The summed E-state index contributed by atoms with van der Waals surface area (Å²) in [7, 11) is 1.46. The number of benzene rings is 1. The fourth-order valence-electron chi connectivity index (χ4n) is 1.64. The van der Waals surface area contributed by atoms with Gasteiger partial charge in [0, 0.05) is 0 Å². The lowest BCUT2D eigenvalue weighted by molar-refractivity contribution is -0.126. The molecule has 0 aliphatic rings. The van der Waals surface area contributed by atoms with Crippen LogP contribution in [0.1, 0.15) is 11.6 Å². The molecule has 0 aromatic heterocycles. The van der Waals surface area contributed by atoms with Crippen molar-refractivity contribution in [3.63, 3.8) is 0 Å². The number of carbonyl (C=O) groups excluding carboxylic acids is 1. The van der Waals surface area contributed by atoms with Gasteiger partial charge in [0.1, 0.15) is 6.04 Å². The maximum Gasteiger partial charge on any atom is 0.255 e. The Morgan fingerprint density at radius 1 is 1.41 bits per heavy atom. The number of amides is 1. The van der Waals surface area contributed by atoms with Crippen LogP contribution in [0.3, 0.4) is 0 Å². The van der Waals surface area contributed by atoms with E-state index in [2.05, 4.69) is 0 Å². The summed E-state index contributed by atoms with van der Waals surface area (Å²) in [5, 5.41) is 0. The Bertz CT molecular complexity index is 359. The largest absolute Gasteiger partial charge is 0.293 e. The van der Waals surface area contributed by atoms with E-state index in [0.717, 1.165) is 0 Å². The van der Waals surface area contributed by atoms with Crippen molar-refractivity contribution in [3.05, 3.63) is 35.9 Å². The first-order valence-corrected chi connectivity index (χ1v) is 5.10. The van der Waals surface area contributed by atoms with Gasteiger partial charge >= 0.3 is 0 Å². The molecule has 6 heteroatoms. The van der Waals surface area contributed by atoms with E-state index >= 15 is 0 Å². The van der Waals surface area contributed by atoms with Crippen molar-refractivity contribution in [2.75, 3.05) is 13.6 Å². The Balaban J connectivity index is 2.92. The molecule has 0 aliphatic carbocycles. The van der Waals surface area contributed by atoms with E-state index in [0.29, 0.717) is 5.56 Å². The molecule has 0 bridgehead atoms. The molecular weight excluding hydrogens is 228 g/mol. The third-order valence-electron chi connectivity index (χ3n) is 2.37. The minimum atomic E-state index is -2.50. The number of hydrogen-bond acceptors (Lipinski definition) is 3. The van der Waals surface area contributed by atoms with Crippen molar-refractivity contribution in [1.29, 1.82) is 0 Å². The maximum absolute atomic E-state index is 12.3. The Labute approximate surface area is 98.4 Å². The van der Waals surface area contributed by atoms with E-state index in [-0.39, 0.29) is 0 Å². The van der Waals surface area contributed by atoms with Crippen LogP contribution < -0.4 is 11.3 Å². The Morgan fingerprint density at radius 2 is 2.00 bits per heavy atom. The molecule has 1 aromatic carbocycles. The molecule has 0 heterocycles. The average molecular weight is 243 g/mol. The van der Waals surface area contributed by atoms with Crippen molar-refractivity contribution >= 4 is 5.91 Å². The number of hydrogen-bond donors (Lipinski definition) is 2. The number of carbonyl (C=O) groups is 1. The molecule has 0 saturated heterocycles. The topological polar surface area (TPSA) is 58.4 Å². The van der Waals surface area contributed by atoms with Gasteiger partial charge in [-0.2, -0.15) is 0 Å². The number of nitrogens with two attached hydrogens (primary N) is 1. The molecule has 1 rings (SSSR count). The van der Waals surface area contributed by atoms with Crippen molar-refractivity contribution < 1.29 is 13.6 Å². The zero-order chi connectivity index (χ0) is 12.8. The highest BCUT2D eigenvalue weighted by Crippen LogP contribution is 2.19. The molecule has 0 radical (unpaired) electrons. The fourth-order valence-corrected chi connectivity index (χ4v) is 1.64. The zero-order valence-corrected chi connectivity index (χ0v) is 9.44.